The Morgan fingerprint density at radius 1 is 0.667 bits per heavy atom. The molecule has 0 N–H and O–H groups in total. The van der Waals surface area contributed by atoms with Crippen LogP contribution < -0.4 is 4.74 Å². The molecule has 1 rings (SSSR count). The van der Waals surface area contributed by atoms with Crippen molar-refractivity contribution in [3.8, 4) is 5.75 Å². The molecule has 0 bridgehead atoms. The third kappa shape index (κ3) is 18.1. The van der Waals surface area contributed by atoms with E-state index in [9.17, 15) is 4.79 Å². The normalized spacial score (nSPS) is 10.4. The Kier molecular flexibility index (Phi) is 21.2. The van der Waals surface area contributed by atoms with Crippen LogP contribution in [-0.2, 0) is 4.79 Å². The van der Waals surface area contributed by atoms with Crippen molar-refractivity contribution in [1.29, 1.82) is 0 Å². The molecule has 0 saturated carbocycles. The molecule has 0 aliphatic carbocycles. The fourth-order valence-electron chi connectivity index (χ4n) is 3.31. The van der Waals surface area contributed by atoms with E-state index in [1.807, 2.05) is 30.3 Å². The maximum Gasteiger partial charge on any atom is 0.311 e. The SMILES string of the molecule is CCCCCCCCCCCCCCCCCC(=O)Oc1ccccc1.[Ba]. The Bertz CT molecular complexity index is 433. The Morgan fingerprint density at radius 2 is 1.07 bits per heavy atom. The number of unbranched alkanes of at least 4 members (excludes halogenated alkanes) is 14. The fraction of sp³-hybridized carbons (Fsp3) is 0.708. The first-order valence-electron chi connectivity index (χ1n) is 11.1. The standard InChI is InChI=1S/C24H40O2.Ba/c1-2-3-4-5-6-7-8-9-10-11-12-13-14-15-19-22-24(25)26-23-20-17-16-18-21-23;/h16-18,20-21H,2-15,19,22H2,1H3;. The molecule has 150 valence electrons. The zero-order valence-electron chi connectivity index (χ0n) is 17.7. The largest absolute Gasteiger partial charge is 0.427 e. The van der Waals surface area contributed by atoms with Gasteiger partial charge in [0.05, 0.1) is 0 Å². The van der Waals surface area contributed by atoms with Crippen molar-refractivity contribution in [1.82, 2.24) is 0 Å². The zero-order chi connectivity index (χ0) is 18.7. The number of hydrogen-bond donors (Lipinski definition) is 0. The van der Waals surface area contributed by atoms with E-state index < -0.39 is 0 Å². The van der Waals surface area contributed by atoms with Crippen LogP contribution in [0.2, 0.25) is 0 Å². The number of carbonyl (C=O) groups excluding carboxylic acids is 1. The summed E-state index contributed by atoms with van der Waals surface area (Å²) in [6.45, 7) is 2.28. The van der Waals surface area contributed by atoms with Gasteiger partial charge in [-0.2, -0.15) is 0 Å². The maximum absolute atomic E-state index is 11.7. The van der Waals surface area contributed by atoms with Gasteiger partial charge in [-0.3, -0.25) is 4.79 Å². The average Bonchev–Trinajstić information content (AvgIpc) is 2.65. The number of hydrogen-bond acceptors (Lipinski definition) is 2. The van der Waals surface area contributed by atoms with Crippen LogP contribution in [0.4, 0.5) is 0 Å². The van der Waals surface area contributed by atoms with Crippen LogP contribution in [0.1, 0.15) is 110 Å². The minimum Gasteiger partial charge on any atom is -0.427 e. The number of benzene rings is 1. The fourth-order valence-corrected chi connectivity index (χ4v) is 3.31. The van der Waals surface area contributed by atoms with Gasteiger partial charge in [0.2, 0.25) is 0 Å². The summed E-state index contributed by atoms with van der Waals surface area (Å²) in [6, 6.07) is 9.34. The molecular formula is C24H40BaO2. The van der Waals surface area contributed by atoms with Crippen molar-refractivity contribution in [2.24, 2.45) is 0 Å². The van der Waals surface area contributed by atoms with Crippen LogP contribution in [0.15, 0.2) is 30.3 Å². The molecule has 0 spiro atoms. The van der Waals surface area contributed by atoms with Crippen molar-refractivity contribution in [3.63, 3.8) is 0 Å². The summed E-state index contributed by atoms with van der Waals surface area (Å²) in [7, 11) is 0. The summed E-state index contributed by atoms with van der Waals surface area (Å²) in [4.78, 5) is 11.7. The van der Waals surface area contributed by atoms with E-state index in [-0.39, 0.29) is 54.9 Å². The minimum atomic E-state index is -0.106. The quantitative estimate of drug-likeness (QED) is 0.0965. The molecular weight excluding hydrogens is 458 g/mol. The molecule has 0 fully saturated rings. The Labute approximate surface area is 208 Å². The van der Waals surface area contributed by atoms with Crippen LogP contribution in [-0.4, -0.2) is 54.9 Å². The average molecular weight is 498 g/mol. The third-order valence-corrected chi connectivity index (χ3v) is 4.96. The van der Waals surface area contributed by atoms with Gasteiger partial charge in [0, 0.05) is 55.3 Å². The van der Waals surface area contributed by atoms with E-state index in [4.69, 9.17) is 4.74 Å². The van der Waals surface area contributed by atoms with Gasteiger partial charge in [-0.05, 0) is 18.6 Å². The molecule has 0 aliphatic rings. The molecule has 1 aromatic carbocycles. The number of para-hydroxylation sites is 1. The topological polar surface area (TPSA) is 26.3 Å². The van der Waals surface area contributed by atoms with E-state index in [0.29, 0.717) is 12.2 Å². The minimum absolute atomic E-state index is 0. The summed E-state index contributed by atoms with van der Waals surface area (Å²) in [5, 5.41) is 0. The molecule has 0 aromatic heterocycles. The van der Waals surface area contributed by atoms with E-state index >= 15 is 0 Å². The summed E-state index contributed by atoms with van der Waals surface area (Å²) < 4.78 is 5.29. The monoisotopic (exact) mass is 498 g/mol. The third-order valence-electron chi connectivity index (χ3n) is 4.96. The van der Waals surface area contributed by atoms with Crippen molar-refractivity contribution in [2.45, 2.75) is 110 Å². The number of rotatable bonds is 17. The van der Waals surface area contributed by atoms with E-state index in [1.54, 1.807) is 0 Å². The van der Waals surface area contributed by atoms with Crippen LogP contribution in [0.25, 0.3) is 0 Å². The van der Waals surface area contributed by atoms with Crippen LogP contribution in [0, 0.1) is 0 Å². The summed E-state index contributed by atoms with van der Waals surface area (Å²) in [6.07, 6.45) is 20.7. The first-order valence-corrected chi connectivity index (χ1v) is 11.1. The van der Waals surface area contributed by atoms with Gasteiger partial charge in [-0.15, -0.1) is 0 Å². The molecule has 0 atom stereocenters. The Balaban J connectivity index is 0.00000676. The van der Waals surface area contributed by atoms with Crippen LogP contribution in [0.3, 0.4) is 0 Å². The van der Waals surface area contributed by atoms with Gasteiger partial charge in [-0.25, -0.2) is 0 Å². The summed E-state index contributed by atoms with van der Waals surface area (Å²) >= 11 is 0. The van der Waals surface area contributed by atoms with Gasteiger partial charge in [0.1, 0.15) is 5.75 Å². The predicted octanol–water partition coefficient (Wildman–Crippen LogP) is 7.47. The molecule has 1 aromatic rings. The van der Waals surface area contributed by atoms with Gasteiger partial charge in [0.25, 0.3) is 0 Å². The van der Waals surface area contributed by atoms with Gasteiger partial charge < -0.3 is 4.74 Å². The van der Waals surface area contributed by atoms with Crippen molar-refractivity contribution < 1.29 is 9.53 Å². The van der Waals surface area contributed by atoms with Gasteiger partial charge >= 0.3 is 5.97 Å². The van der Waals surface area contributed by atoms with E-state index in [0.717, 1.165) is 12.8 Å². The summed E-state index contributed by atoms with van der Waals surface area (Å²) in [5.74, 6) is 0.546. The zero-order valence-corrected chi connectivity index (χ0v) is 22.2. The molecule has 2 radical (unpaired) electrons. The van der Waals surface area contributed by atoms with Crippen molar-refractivity contribution in [3.05, 3.63) is 30.3 Å². The molecule has 0 saturated heterocycles. The van der Waals surface area contributed by atoms with Gasteiger partial charge in [0.15, 0.2) is 0 Å². The Hall–Kier alpha value is 0.261. The van der Waals surface area contributed by atoms with Gasteiger partial charge in [-0.1, -0.05) is 115 Å². The first kappa shape index (κ1) is 27.3. The van der Waals surface area contributed by atoms with Crippen LogP contribution >= 0.6 is 0 Å². The second-order valence-corrected chi connectivity index (χ2v) is 7.49. The summed E-state index contributed by atoms with van der Waals surface area (Å²) in [5.41, 5.74) is 0. The van der Waals surface area contributed by atoms with Crippen molar-refractivity contribution in [2.75, 3.05) is 0 Å². The van der Waals surface area contributed by atoms with E-state index in [1.165, 1.54) is 83.5 Å². The van der Waals surface area contributed by atoms with E-state index in [2.05, 4.69) is 6.92 Å². The molecule has 27 heavy (non-hydrogen) atoms. The number of ether oxygens (including phenoxy) is 1. The molecule has 3 heteroatoms. The molecule has 0 heterocycles. The number of carbonyl (C=O) groups is 1. The maximum atomic E-state index is 11.7. The van der Waals surface area contributed by atoms with Crippen LogP contribution in [0.5, 0.6) is 5.75 Å². The predicted molar refractivity (Wildman–Crippen MR) is 117 cm³/mol. The molecule has 0 unspecified atom stereocenters. The van der Waals surface area contributed by atoms with Crippen molar-refractivity contribution >= 4 is 54.9 Å². The number of esters is 1. The molecule has 0 aliphatic heterocycles. The second kappa shape index (κ2) is 21.0. The molecule has 0 amide bonds. The second-order valence-electron chi connectivity index (χ2n) is 7.49. The Morgan fingerprint density at radius 3 is 1.52 bits per heavy atom. The molecule has 2 nitrogen and oxygen atoms in total. The smallest absolute Gasteiger partial charge is 0.311 e. The first-order chi connectivity index (χ1) is 12.8.